The van der Waals surface area contributed by atoms with Gasteiger partial charge in [-0.1, -0.05) is 20.8 Å². The number of piperidine rings is 1. The first-order chi connectivity index (χ1) is 7.90. The summed E-state index contributed by atoms with van der Waals surface area (Å²) in [7, 11) is 0. The van der Waals surface area contributed by atoms with Crippen molar-refractivity contribution in [1.29, 1.82) is 0 Å². The first-order valence-corrected chi connectivity index (χ1v) is 6.60. The Kier molecular flexibility index (Phi) is 5.40. The summed E-state index contributed by atoms with van der Waals surface area (Å²) in [5, 5.41) is 12.7. The van der Waals surface area contributed by atoms with Crippen LogP contribution in [0.4, 0.5) is 0 Å². The highest BCUT2D eigenvalue weighted by atomic mass is 16.3. The maximum Gasteiger partial charge on any atom is 0.234 e. The van der Waals surface area contributed by atoms with E-state index in [1.807, 2.05) is 11.8 Å². The minimum atomic E-state index is -0.293. The summed E-state index contributed by atoms with van der Waals surface area (Å²) < 4.78 is 0. The number of aliphatic hydroxyl groups is 1. The van der Waals surface area contributed by atoms with Crippen molar-refractivity contribution >= 4 is 5.91 Å². The van der Waals surface area contributed by atoms with Gasteiger partial charge in [-0.3, -0.25) is 9.69 Å². The van der Waals surface area contributed by atoms with Crippen LogP contribution in [-0.4, -0.2) is 47.7 Å². The zero-order valence-electron chi connectivity index (χ0n) is 11.4. The van der Waals surface area contributed by atoms with E-state index in [0.717, 1.165) is 13.0 Å². The van der Waals surface area contributed by atoms with E-state index in [1.54, 1.807) is 0 Å². The molecule has 2 N–H and O–H groups in total. The van der Waals surface area contributed by atoms with E-state index in [-0.39, 0.29) is 18.1 Å². The Balaban J connectivity index is 2.32. The Labute approximate surface area is 104 Å². The van der Waals surface area contributed by atoms with Crippen molar-refractivity contribution in [2.75, 3.05) is 19.6 Å². The highest BCUT2D eigenvalue weighted by molar-refractivity contribution is 5.78. The molecule has 1 amide bonds. The second-order valence-electron chi connectivity index (χ2n) is 5.67. The summed E-state index contributed by atoms with van der Waals surface area (Å²) in [6.45, 7) is 10.2. The number of likely N-dealkylation sites (tertiary alicyclic amines) is 1. The van der Waals surface area contributed by atoms with Crippen LogP contribution in [0.15, 0.2) is 0 Å². The first-order valence-electron chi connectivity index (χ1n) is 6.60. The molecule has 4 heteroatoms. The maximum absolute atomic E-state index is 11.8. The third kappa shape index (κ3) is 4.64. The van der Waals surface area contributed by atoms with E-state index >= 15 is 0 Å². The van der Waals surface area contributed by atoms with Gasteiger partial charge < -0.3 is 10.4 Å². The molecule has 1 aliphatic rings. The van der Waals surface area contributed by atoms with Crippen molar-refractivity contribution in [3.05, 3.63) is 0 Å². The molecule has 3 unspecified atom stereocenters. The maximum atomic E-state index is 11.8. The number of hydrogen-bond acceptors (Lipinski definition) is 3. The summed E-state index contributed by atoms with van der Waals surface area (Å²) in [5.41, 5.74) is 0. The molecule has 100 valence electrons. The van der Waals surface area contributed by atoms with Gasteiger partial charge in [-0.25, -0.2) is 0 Å². The Bertz CT molecular complexity index is 256. The first kappa shape index (κ1) is 14.5. The van der Waals surface area contributed by atoms with Crippen LogP contribution in [0.3, 0.4) is 0 Å². The van der Waals surface area contributed by atoms with Gasteiger partial charge >= 0.3 is 0 Å². The number of nitrogens with one attached hydrogen (secondary N) is 1. The van der Waals surface area contributed by atoms with Crippen molar-refractivity contribution in [2.24, 2.45) is 11.8 Å². The van der Waals surface area contributed by atoms with Gasteiger partial charge in [0, 0.05) is 12.6 Å². The van der Waals surface area contributed by atoms with Crippen molar-refractivity contribution in [3.63, 3.8) is 0 Å². The number of carbonyl (C=O) groups excluding carboxylic acids is 1. The molecular formula is C13H26N2O2. The molecule has 0 spiro atoms. The Morgan fingerprint density at radius 3 is 2.65 bits per heavy atom. The second kappa shape index (κ2) is 6.36. The van der Waals surface area contributed by atoms with Gasteiger partial charge in [-0.15, -0.1) is 0 Å². The number of β-amino-alcohol motifs (C(OH)–C–C–N with tert-alkyl or cyclic N) is 1. The van der Waals surface area contributed by atoms with Gasteiger partial charge in [-0.2, -0.15) is 0 Å². The van der Waals surface area contributed by atoms with Crippen LogP contribution in [0, 0.1) is 11.8 Å². The van der Waals surface area contributed by atoms with Gasteiger partial charge in [0.1, 0.15) is 0 Å². The lowest BCUT2D eigenvalue weighted by atomic mass is 9.96. The highest BCUT2D eigenvalue weighted by Gasteiger charge is 2.25. The normalized spacial score (nSPS) is 28.1. The largest absolute Gasteiger partial charge is 0.392 e. The Morgan fingerprint density at radius 1 is 1.47 bits per heavy atom. The predicted octanol–water partition coefficient (Wildman–Crippen LogP) is 0.850. The van der Waals surface area contributed by atoms with Gasteiger partial charge in [0.25, 0.3) is 0 Å². The van der Waals surface area contributed by atoms with E-state index in [9.17, 15) is 9.90 Å². The van der Waals surface area contributed by atoms with Crippen LogP contribution in [0.25, 0.3) is 0 Å². The molecule has 4 nitrogen and oxygen atoms in total. The topological polar surface area (TPSA) is 52.6 Å². The Hall–Kier alpha value is -0.610. The molecule has 0 aromatic rings. The SMILES string of the molecule is CC(C)C(C)NC(=O)CN1CCC(C)C(O)C1. The zero-order chi connectivity index (χ0) is 13.0. The van der Waals surface area contributed by atoms with Crippen LogP contribution in [0.5, 0.6) is 0 Å². The Morgan fingerprint density at radius 2 is 2.12 bits per heavy atom. The van der Waals surface area contributed by atoms with Crippen molar-refractivity contribution < 1.29 is 9.90 Å². The summed E-state index contributed by atoms with van der Waals surface area (Å²) in [5.74, 6) is 0.864. The van der Waals surface area contributed by atoms with Crippen LogP contribution in [0.2, 0.25) is 0 Å². The quantitative estimate of drug-likeness (QED) is 0.768. The van der Waals surface area contributed by atoms with Crippen molar-refractivity contribution in [2.45, 2.75) is 46.3 Å². The minimum absolute atomic E-state index is 0.0629. The molecule has 3 atom stereocenters. The second-order valence-corrected chi connectivity index (χ2v) is 5.67. The highest BCUT2D eigenvalue weighted by Crippen LogP contribution is 2.16. The lowest BCUT2D eigenvalue weighted by Gasteiger charge is -2.34. The number of nitrogens with zero attached hydrogens (tertiary/aromatic N) is 1. The van der Waals surface area contributed by atoms with E-state index in [2.05, 4.69) is 26.1 Å². The predicted molar refractivity (Wildman–Crippen MR) is 68.7 cm³/mol. The molecule has 17 heavy (non-hydrogen) atoms. The molecule has 1 heterocycles. The van der Waals surface area contributed by atoms with Gasteiger partial charge in [0.15, 0.2) is 0 Å². The summed E-state index contributed by atoms with van der Waals surface area (Å²) in [6.07, 6.45) is 0.674. The molecule has 0 aromatic carbocycles. The monoisotopic (exact) mass is 242 g/mol. The van der Waals surface area contributed by atoms with E-state index < -0.39 is 0 Å². The average Bonchev–Trinajstić information content (AvgIpc) is 2.23. The fourth-order valence-electron chi connectivity index (χ4n) is 1.93. The molecule has 0 aromatic heterocycles. The van der Waals surface area contributed by atoms with Crippen LogP contribution in [0.1, 0.15) is 34.1 Å². The molecule has 1 rings (SSSR count). The van der Waals surface area contributed by atoms with E-state index in [4.69, 9.17) is 0 Å². The van der Waals surface area contributed by atoms with Crippen LogP contribution < -0.4 is 5.32 Å². The average molecular weight is 242 g/mol. The van der Waals surface area contributed by atoms with Gasteiger partial charge in [0.2, 0.25) is 5.91 Å². The molecule has 1 fully saturated rings. The third-order valence-electron chi connectivity index (χ3n) is 3.76. The van der Waals surface area contributed by atoms with Gasteiger partial charge in [-0.05, 0) is 31.7 Å². The molecule has 0 radical (unpaired) electrons. The number of carbonyl (C=O) groups is 1. The summed E-state index contributed by atoms with van der Waals surface area (Å²) in [6, 6.07) is 0.205. The lowest BCUT2D eigenvalue weighted by Crippen LogP contribution is -2.48. The number of amides is 1. The number of rotatable bonds is 4. The van der Waals surface area contributed by atoms with Crippen molar-refractivity contribution in [3.8, 4) is 0 Å². The standard InChI is InChI=1S/C13H26N2O2/c1-9(2)11(4)14-13(17)8-15-6-5-10(3)12(16)7-15/h9-12,16H,5-8H2,1-4H3,(H,14,17). The van der Waals surface area contributed by atoms with Gasteiger partial charge in [0.05, 0.1) is 12.6 Å². The number of hydrogen-bond donors (Lipinski definition) is 2. The van der Waals surface area contributed by atoms with E-state index in [0.29, 0.717) is 24.9 Å². The molecule has 1 aliphatic heterocycles. The molecular weight excluding hydrogens is 216 g/mol. The molecule has 1 saturated heterocycles. The van der Waals surface area contributed by atoms with Crippen molar-refractivity contribution in [1.82, 2.24) is 10.2 Å². The molecule has 0 bridgehead atoms. The zero-order valence-corrected chi connectivity index (χ0v) is 11.4. The molecule has 0 aliphatic carbocycles. The fraction of sp³-hybridized carbons (Fsp3) is 0.923. The number of aliphatic hydroxyl groups excluding tert-OH is 1. The van der Waals surface area contributed by atoms with Crippen LogP contribution in [-0.2, 0) is 4.79 Å². The smallest absolute Gasteiger partial charge is 0.234 e. The summed E-state index contributed by atoms with van der Waals surface area (Å²) >= 11 is 0. The minimum Gasteiger partial charge on any atom is -0.392 e. The molecule has 0 saturated carbocycles. The fourth-order valence-corrected chi connectivity index (χ4v) is 1.93. The lowest BCUT2D eigenvalue weighted by molar-refractivity contribution is -0.124. The van der Waals surface area contributed by atoms with Crippen LogP contribution >= 0.6 is 0 Å². The third-order valence-corrected chi connectivity index (χ3v) is 3.76. The van der Waals surface area contributed by atoms with E-state index in [1.165, 1.54) is 0 Å². The summed E-state index contributed by atoms with van der Waals surface area (Å²) in [4.78, 5) is 13.8.